The first-order valence-corrected chi connectivity index (χ1v) is 5.63. The molecular weight excluding hydrogens is 226 g/mol. The minimum Gasteiger partial charge on any atom is -0.282 e. The van der Waals surface area contributed by atoms with Crippen LogP contribution in [0.1, 0.15) is 20.3 Å². The number of hydrazine groups is 1. The monoisotopic (exact) mass is 241 g/mol. The van der Waals surface area contributed by atoms with Gasteiger partial charge >= 0.3 is 0 Å². The van der Waals surface area contributed by atoms with Crippen LogP contribution in [0.2, 0.25) is 0 Å². The largest absolute Gasteiger partial charge is 0.282 e. The van der Waals surface area contributed by atoms with Gasteiger partial charge in [-0.3, -0.25) is 15.6 Å². The van der Waals surface area contributed by atoms with Gasteiger partial charge < -0.3 is 0 Å². The third kappa shape index (κ3) is 3.70. The van der Waals surface area contributed by atoms with Crippen molar-refractivity contribution in [2.45, 2.75) is 20.3 Å². The summed E-state index contributed by atoms with van der Waals surface area (Å²) in [5.74, 6) is 0.973. The lowest BCUT2D eigenvalue weighted by Crippen LogP contribution is -2.40. The lowest BCUT2D eigenvalue weighted by molar-refractivity contribution is -0.128. The molecule has 0 radical (unpaired) electrons. The van der Waals surface area contributed by atoms with Crippen molar-refractivity contribution in [2.24, 2.45) is 5.41 Å². The smallest absolute Gasteiger partial charge is 0.244 e. The number of nitrogens with one attached hydrogen (secondary N) is 2. The zero-order valence-electron chi connectivity index (χ0n) is 9.46. The van der Waals surface area contributed by atoms with E-state index in [9.17, 15) is 4.79 Å². The molecule has 1 aromatic heterocycles. The molecule has 1 rings (SSSR count). The Bertz CT molecular complexity index is 340. The molecule has 0 bridgehead atoms. The van der Waals surface area contributed by atoms with E-state index in [1.807, 2.05) is 26.0 Å². The van der Waals surface area contributed by atoms with Crippen LogP contribution in [0.25, 0.3) is 0 Å². The van der Waals surface area contributed by atoms with E-state index in [0.29, 0.717) is 18.1 Å². The van der Waals surface area contributed by atoms with Gasteiger partial charge in [-0.1, -0.05) is 19.9 Å². The Morgan fingerprint density at radius 1 is 1.50 bits per heavy atom. The van der Waals surface area contributed by atoms with Crippen LogP contribution in [0.5, 0.6) is 0 Å². The van der Waals surface area contributed by atoms with Crippen LogP contribution in [-0.4, -0.2) is 16.8 Å². The molecule has 0 aliphatic rings. The normalized spacial score (nSPS) is 10.9. The number of halogens is 1. The van der Waals surface area contributed by atoms with Crippen LogP contribution in [-0.2, 0) is 4.79 Å². The molecule has 4 nitrogen and oxygen atoms in total. The van der Waals surface area contributed by atoms with Crippen LogP contribution in [0.3, 0.4) is 0 Å². The molecule has 1 heterocycles. The molecule has 88 valence electrons. The summed E-state index contributed by atoms with van der Waals surface area (Å²) >= 11 is 5.63. The van der Waals surface area contributed by atoms with Gasteiger partial charge in [0, 0.05) is 17.5 Å². The highest BCUT2D eigenvalue weighted by Crippen LogP contribution is 2.20. The Labute approximate surface area is 100 Å². The number of amides is 1. The Morgan fingerprint density at radius 3 is 2.81 bits per heavy atom. The maximum Gasteiger partial charge on any atom is 0.244 e. The fraction of sp³-hybridized carbons (Fsp3) is 0.455. The number of aromatic nitrogens is 1. The van der Waals surface area contributed by atoms with Crippen molar-refractivity contribution in [3.63, 3.8) is 0 Å². The molecular formula is C11H16ClN3O. The minimum absolute atomic E-state index is 0.0983. The highest BCUT2D eigenvalue weighted by molar-refractivity contribution is 6.18. The number of anilines is 1. The Kier molecular flexibility index (Phi) is 4.55. The van der Waals surface area contributed by atoms with E-state index in [-0.39, 0.29) is 5.91 Å². The SMILES string of the molecule is CC(C)(CCCl)C(=O)NNc1ccccn1. The quantitative estimate of drug-likeness (QED) is 0.614. The van der Waals surface area contributed by atoms with Gasteiger partial charge in [0.05, 0.1) is 0 Å². The van der Waals surface area contributed by atoms with Crippen LogP contribution >= 0.6 is 11.6 Å². The molecule has 0 saturated carbocycles. The molecule has 0 spiro atoms. The van der Waals surface area contributed by atoms with Crippen molar-refractivity contribution in [3.8, 4) is 0 Å². The summed E-state index contributed by atoms with van der Waals surface area (Å²) in [5.41, 5.74) is 4.89. The molecule has 0 saturated heterocycles. The van der Waals surface area contributed by atoms with Gasteiger partial charge in [0.25, 0.3) is 0 Å². The van der Waals surface area contributed by atoms with Crippen molar-refractivity contribution in [1.29, 1.82) is 0 Å². The van der Waals surface area contributed by atoms with Crippen molar-refractivity contribution in [2.75, 3.05) is 11.3 Å². The summed E-state index contributed by atoms with van der Waals surface area (Å²) in [5, 5.41) is 0. The van der Waals surface area contributed by atoms with Gasteiger partial charge in [0.15, 0.2) is 0 Å². The first kappa shape index (κ1) is 12.8. The van der Waals surface area contributed by atoms with Gasteiger partial charge in [-0.15, -0.1) is 11.6 Å². The standard InChI is InChI=1S/C11H16ClN3O/c1-11(2,6-7-12)10(16)15-14-9-5-3-4-8-13-9/h3-5,8H,6-7H2,1-2H3,(H,13,14)(H,15,16). The first-order chi connectivity index (χ1) is 7.56. The summed E-state index contributed by atoms with van der Waals surface area (Å²) in [6, 6.07) is 5.42. The van der Waals surface area contributed by atoms with Crippen molar-refractivity contribution >= 4 is 23.3 Å². The third-order valence-electron chi connectivity index (χ3n) is 2.30. The Morgan fingerprint density at radius 2 is 2.25 bits per heavy atom. The molecule has 0 aliphatic carbocycles. The van der Waals surface area contributed by atoms with Gasteiger partial charge in [-0.2, -0.15) is 0 Å². The van der Waals surface area contributed by atoms with Crippen LogP contribution in [0.15, 0.2) is 24.4 Å². The van der Waals surface area contributed by atoms with Crippen LogP contribution in [0.4, 0.5) is 5.82 Å². The van der Waals surface area contributed by atoms with Gasteiger partial charge in [-0.05, 0) is 18.6 Å². The highest BCUT2D eigenvalue weighted by Gasteiger charge is 2.26. The number of alkyl halides is 1. The molecule has 0 aromatic carbocycles. The summed E-state index contributed by atoms with van der Waals surface area (Å²) in [7, 11) is 0. The van der Waals surface area contributed by atoms with Gasteiger partial charge in [-0.25, -0.2) is 4.98 Å². The summed E-state index contributed by atoms with van der Waals surface area (Å²) in [6.45, 7) is 3.70. The number of pyridine rings is 1. The van der Waals surface area contributed by atoms with E-state index in [2.05, 4.69) is 15.8 Å². The van der Waals surface area contributed by atoms with E-state index in [1.165, 1.54) is 0 Å². The van der Waals surface area contributed by atoms with E-state index in [0.717, 1.165) is 0 Å². The van der Waals surface area contributed by atoms with Crippen LogP contribution in [0, 0.1) is 5.41 Å². The van der Waals surface area contributed by atoms with Crippen molar-refractivity contribution in [1.82, 2.24) is 10.4 Å². The van der Waals surface area contributed by atoms with Gasteiger partial charge in [0.1, 0.15) is 5.82 Å². The maximum absolute atomic E-state index is 11.8. The predicted molar refractivity (Wildman–Crippen MR) is 65.1 cm³/mol. The summed E-state index contributed by atoms with van der Waals surface area (Å²) in [4.78, 5) is 15.8. The molecule has 0 aliphatic heterocycles. The molecule has 0 fully saturated rings. The second kappa shape index (κ2) is 5.70. The average Bonchev–Trinajstić information content (AvgIpc) is 2.27. The fourth-order valence-electron chi connectivity index (χ4n) is 1.08. The second-order valence-corrected chi connectivity index (χ2v) is 4.49. The lowest BCUT2D eigenvalue weighted by atomic mass is 9.89. The van der Waals surface area contributed by atoms with E-state index in [1.54, 1.807) is 12.3 Å². The highest BCUT2D eigenvalue weighted by atomic mass is 35.5. The fourth-order valence-corrected chi connectivity index (χ4v) is 1.55. The number of carbonyl (C=O) groups excluding carboxylic acids is 1. The van der Waals surface area contributed by atoms with Crippen molar-refractivity contribution in [3.05, 3.63) is 24.4 Å². The predicted octanol–water partition coefficient (Wildman–Crippen LogP) is 2.18. The number of hydrogen-bond acceptors (Lipinski definition) is 3. The number of rotatable bonds is 5. The zero-order chi connectivity index (χ0) is 12.0. The van der Waals surface area contributed by atoms with E-state index in [4.69, 9.17) is 11.6 Å². The molecule has 16 heavy (non-hydrogen) atoms. The second-order valence-electron chi connectivity index (χ2n) is 4.12. The van der Waals surface area contributed by atoms with Gasteiger partial charge in [0.2, 0.25) is 5.91 Å². The number of carbonyl (C=O) groups is 1. The average molecular weight is 242 g/mol. The Balaban J connectivity index is 2.47. The Hall–Kier alpha value is -1.29. The number of hydrogen-bond donors (Lipinski definition) is 2. The molecule has 5 heteroatoms. The minimum atomic E-state index is -0.483. The first-order valence-electron chi connectivity index (χ1n) is 5.10. The zero-order valence-corrected chi connectivity index (χ0v) is 10.2. The summed E-state index contributed by atoms with van der Waals surface area (Å²) < 4.78 is 0. The molecule has 2 N–H and O–H groups in total. The molecule has 0 unspecified atom stereocenters. The number of nitrogens with zero attached hydrogens (tertiary/aromatic N) is 1. The third-order valence-corrected chi connectivity index (χ3v) is 2.49. The topological polar surface area (TPSA) is 54.0 Å². The summed E-state index contributed by atoms with van der Waals surface area (Å²) in [6.07, 6.45) is 2.28. The van der Waals surface area contributed by atoms with Crippen molar-refractivity contribution < 1.29 is 4.79 Å². The maximum atomic E-state index is 11.8. The molecule has 1 aromatic rings. The van der Waals surface area contributed by atoms with Crippen LogP contribution < -0.4 is 10.9 Å². The molecule has 1 amide bonds. The lowest BCUT2D eigenvalue weighted by Gasteiger charge is -2.22. The van der Waals surface area contributed by atoms with E-state index >= 15 is 0 Å². The van der Waals surface area contributed by atoms with E-state index < -0.39 is 5.41 Å². The molecule has 0 atom stereocenters.